The molecule has 2 rings (SSSR count). The molecule has 9 heteroatoms. The molecule has 0 fully saturated rings. The van der Waals surface area contributed by atoms with Gasteiger partial charge in [0, 0.05) is 0 Å². The second kappa shape index (κ2) is 8.66. The van der Waals surface area contributed by atoms with Crippen molar-refractivity contribution in [1.82, 2.24) is 10.9 Å². The average molecular weight is 351 g/mol. The summed E-state index contributed by atoms with van der Waals surface area (Å²) in [4.78, 5) is 0. The lowest BCUT2D eigenvalue weighted by Gasteiger charge is -2.01. The summed E-state index contributed by atoms with van der Waals surface area (Å²) in [5, 5.41) is 32.6. The zero-order chi connectivity index (χ0) is 18.9. The summed E-state index contributed by atoms with van der Waals surface area (Å²) in [5.41, 5.74) is 5.41. The Morgan fingerprint density at radius 3 is 1.69 bits per heavy atom. The number of hydrogen-bond donors (Lipinski definition) is 3. The van der Waals surface area contributed by atoms with Crippen molar-refractivity contribution in [2.75, 3.05) is 0 Å². The molecule has 3 N–H and O–H groups in total. The Morgan fingerprint density at radius 2 is 1.31 bits per heavy atom. The molecule has 0 aromatic heterocycles. The molecule has 7 nitrogen and oxygen atoms in total. The third-order valence-electron chi connectivity index (χ3n) is 3.00. The van der Waals surface area contributed by atoms with Gasteiger partial charge >= 0.3 is 0 Å². The van der Waals surface area contributed by atoms with Crippen molar-refractivity contribution in [3.8, 4) is 12.1 Å². The maximum absolute atomic E-state index is 13.2. The van der Waals surface area contributed by atoms with E-state index < -0.39 is 11.6 Å². The van der Waals surface area contributed by atoms with Crippen LogP contribution in [-0.4, -0.2) is 18.4 Å². The van der Waals surface area contributed by atoms with Gasteiger partial charge in [-0.05, 0) is 35.4 Å². The third-order valence-corrected chi connectivity index (χ3v) is 3.00. The average Bonchev–Trinajstić information content (AvgIpc) is 2.64. The first kappa shape index (κ1) is 18.2. The number of guanidine groups is 1. The quantitative estimate of drug-likeness (QED) is 0.444. The Balaban J connectivity index is 1.89. The van der Waals surface area contributed by atoms with Gasteiger partial charge in [0.2, 0.25) is 5.96 Å². The molecule has 0 radical (unpaired) electrons. The molecule has 0 amide bonds. The van der Waals surface area contributed by atoms with E-state index in [0.717, 1.165) is 12.1 Å². The summed E-state index contributed by atoms with van der Waals surface area (Å²) in [6.45, 7) is 0. The number of nitrogens with zero attached hydrogens (tertiary/aromatic N) is 4. The molecule has 0 saturated heterocycles. The first-order valence-corrected chi connectivity index (χ1v) is 7.09. The van der Waals surface area contributed by atoms with E-state index >= 15 is 0 Å². The predicted octanol–water partition coefficient (Wildman–Crippen LogP) is 2.19. The van der Waals surface area contributed by atoms with Gasteiger partial charge in [-0.15, -0.1) is 0 Å². The fourth-order valence-electron chi connectivity index (χ4n) is 1.79. The van der Waals surface area contributed by atoms with Crippen LogP contribution in [-0.2, 0) is 0 Å². The van der Waals surface area contributed by atoms with Crippen molar-refractivity contribution in [3.63, 3.8) is 0 Å². The first-order valence-electron chi connectivity index (χ1n) is 7.09. The molecule has 0 heterocycles. The molecule has 0 bridgehead atoms. The van der Waals surface area contributed by atoms with Crippen LogP contribution in [0.5, 0.6) is 0 Å². The minimum Gasteiger partial charge on any atom is -0.266 e. The van der Waals surface area contributed by atoms with Crippen LogP contribution in [0, 0.1) is 39.7 Å². The van der Waals surface area contributed by atoms with Gasteiger partial charge < -0.3 is 0 Å². The minimum atomic E-state index is -0.623. The van der Waals surface area contributed by atoms with Gasteiger partial charge in [-0.25, -0.2) is 19.6 Å². The number of halogens is 2. The number of hydrogen-bond acceptors (Lipinski definition) is 5. The zero-order valence-electron chi connectivity index (χ0n) is 13.2. The van der Waals surface area contributed by atoms with E-state index in [4.69, 9.17) is 15.9 Å². The Morgan fingerprint density at radius 1 is 0.885 bits per heavy atom. The molecular weight excluding hydrogens is 340 g/mol. The van der Waals surface area contributed by atoms with Gasteiger partial charge in [-0.1, -0.05) is 12.1 Å². The third kappa shape index (κ3) is 4.94. The van der Waals surface area contributed by atoms with E-state index in [1.807, 2.05) is 0 Å². The van der Waals surface area contributed by atoms with Gasteiger partial charge in [0.15, 0.2) is 0 Å². The van der Waals surface area contributed by atoms with Crippen LogP contribution in [0.3, 0.4) is 0 Å². The van der Waals surface area contributed by atoms with Gasteiger partial charge in [0.1, 0.15) is 23.8 Å². The largest absolute Gasteiger partial charge is 0.266 e. The Hall–Kier alpha value is -4.11. The van der Waals surface area contributed by atoms with Crippen molar-refractivity contribution in [2.24, 2.45) is 10.2 Å². The highest BCUT2D eigenvalue weighted by molar-refractivity contribution is 5.84. The van der Waals surface area contributed by atoms with Crippen LogP contribution in [0.15, 0.2) is 46.6 Å². The van der Waals surface area contributed by atoms with E-state index in [-0.39, 0.29) is 17.1 Å². The van der Waals surface area contributed by atoms with E-state index in [9.17, 15) is 8.78 Å². The minimum absolute atomic E-state index is 0.109. The summed E-state index contributed by atoms with van der Waals surface area (Å²) in [6.07, 6.45) is 2.61. The lowest BCUT2D eigenvalue weighted by Crippen LogP contribution is -2.29. The highest BCUT2D eigenvalue weighted by Crippen LogP contribution is 2.08. The number of benzene rings is 2. The second-order valence-electron chi connectivity index (χ2n) is 4.82. The van der Waals surface area contributed by atoms with Gasteiger partial charge in [-0.3, -0.25) is 5.41 Å². The van der Waals surface area contributed by atoms with Crippen LogP contribution in [0.1, 0.15) is 22.3 Å². The lowest BCUT2D eigenvalue weighted by atomic mass is 10.1. The topological polar surface area (TPSA) is 120 Å². The summed E-state index contributed by atoms with van der Waals surface area (Å²) in [7, 11) is 0. The van der Waals surface area contributed by atoms with E-state index in [1.165, 1.54) is 36.7 Å². The number of nitriles is 2. The fourth-order valence-corrected chi connectivity index (χ4v) is 1.79. The van der Waals surface area contributed by atoms with Crippen molar-refractivity contribution >= 4 is 18.4 Å². The molecule has 26 heavy (non-hydrogen) atoms. The van der Waals surface area contributed by atoms with Crippen molar-refractivity contribution in [1.29, 1.82) is 15.9 Å². The normalized spacial score (nSPS) is 10.5. The Kier molecular flexibility index (Phi) is 6.07. The van der Waals surface area contributed by atoms with Gasteiger partial charge in [0.05, 0.1) is 23.6 Å². The maximum Gasteiger partial charge on any atom is 0.230 e. The predicted molar refractivity (Wildman–Crippen MR) is 91.4 cm³/mol. The zero-order valence-corrected chi connectivity index (χ0v) is 13.2. The molecule has 0 unspecified atom stereocenters. The fraction of sp³-hybridized carbons (Fsp3) is 0. The molecule has 0 atom stereocenters. The van der Waals surface area contributed by atoms with Gasteiger partial charge in [-0.2, -0.15) is 20.7 Å². The standard InChI is InChI=1S/C17H11F2N7/c18-15-3-1-11(5-13(15)7-20)9-23-25-17(22)26-24-10-12-2-4-16(19)14(6-12)8-21/h1-6,9-10H,(H3,22,25,26)/b23-9+,24-10+. The molecular formula is C17H11F2N7. The molecule has 128 valence electrons. The van der Waals surface area contributed by atoms with Crippen molar-refractivity contribution in [3.05, 3.63) is 70.3 Å². The number of hydrazone groups is 2. The van der Waals surface area contributed by atoms with Crippen molar-refractivity contribution < 1.29 is 8.78 Å². The van der Waals surface area contributed by atoms with Crippen LogP contribution >= 0.6 is 0 Å². The highest BCUT2D eigenvalue weighted by atomic mass is 19.1. The maximum atomic E-state index is 13.2. The first-order chi connectivity index (χ1) is 12.5. The summed E-state index contributed by atoms with van der Waals surface area (Å²) in [5.74, 6) is -1.51. The van der Waals surface area contributed by atoms with E-state index in [1.54, 1.807) is 12.1 Å². The number of nitrogens with one attached hydrogen (secondary N) is 3. The summed E-state index contributed by atoms with van der Waals surface area (Å²) >= 11 is 0. The van der Waals surface area contributed by atoms with E-state index in [0.29, 0.717) is 11.1 Å². The van der Waals surface area contributed by atoms with Crippen LogP contribution in [0.2, 0.25) is 0 Å². The molecule has 0 saturated carbocycles. The van der Waals surface area contributed by atoms with Crippen LogP contribution < -0.4 is 10.9 Å². The summed E-state index contributed by atoms with van der Waals surface area (Å²) < 4.78 is 26.4. The molecule has 0 aliphatic rings. The summed E-state index contributed by atoms with van der Waals surface area (Å²) in [6, 6.07) is 11.2. The molecule has 0 aliphatic heterocycles. The molecule has 2 aromatic rings. The Labute approximate surface area is 147 Å². The van der Waals surface area contributed by atoms with Crippen molar-refractivity contribution in [2.45, 2.75) is 0 Å². The SMILES string of the molecule is N#Cc1cc(/C=N/NC(=N)N/N=C/c2ccc(F)c(C#N)c2)ccc1F. The monoisotopic (exact) mass is 351 g/mol. The molecule has 0 spiro atoms. The smallest absolute Gasteiger partial charge is 0.230 e. The second-order valence-corrected chi connectivity index (χ2v) is 4.82. The van der Waals surface area contributed by atoms with Gasteiger partial charge in [0.25, 0.3) is 0 Å². The van der Waals surface area contributed by atoms with Crippen LogP contribution in [0.25, 0.3) is 0 Å². The number of rotatable bonds is 4. The highest BCUT2D eigenvalue weighted by Gasteiger charge is 2.02. The Bertz CT molecular complexity index is 891. The van der Waals surface area contributed by atoms with E-state index in [2.05, 4.69) is 21.1 Å². The lowest BCUT2D eigenvalue weighted by molar-refractivity contribution is 0.623. The van der Waals surface area contributed by atoms with Crippen LogP contribution in [0.4, 0.5) is 8.78 Å². The molecule has 0 aliphatic carbocycles. The molecule has 2 aromatic carbocycles.